The molecule has 0 saturated heterocycles. The van der Waals surface area contributed by atoms with Gasteiger partial charge in [0.25, 0.3) is 11.6 Å². The molecule has 0 fully saturated rings. The normalized spacial score (nSPS) is 22.0. The fraction of sp³-hybridized carbons (Fsp3) is 0.350. The van der Waals surface area contributed by atoms with E-state index in [9.17, 15) is 5.11 Å². The number of benzene rings is 2. The highest BCUT2D eigenvalue weighted by Gasteiger charge is 2.52. The average Bonchev–Trinajstić information content (AvgIpc) is 2.97. The molecule has 2 aromatic carbocycles. The minimum atomic E-state index is -0.990. The molecule has 0 saturated carbocycles. The molecule has 4 rings (SSSR count). The third-order valence-corrected chi connectivity index (χ3v) is 5.70. The van der Waals surface area contributed by atoms with Gasteiger partial charge in [-0.3, -0.25) is 0 Å². The van der Waals surface area contributed by atoms with Crippen LogP contribution < -0.4 is 26.6 Å². The summed E-state index contributed by atoms with van der Waals surface area (Å²) in [7, 11) is 1.68. The van der Waals surface area contributed by atoms with Crippen LogP contribution in [-0.2, 0) is 5.72 Å². The lowest BCUT2D eigenvalue weighted by Crippen LogP contribution is -3.00. The third kappa shape index (κ3) is 3.30. The molecule has 2 aliphatic heterocycles. The van der Waals surface area contributed by atoms with E-state index in [0.29, 0.717) is 6.54 Å². The number of hydrogen-bond donors (Lipinski definition) is 1. The van der Waals surface area contributed by atoms with Crippen molar-refractivity contribution >= 4 is 27.5 Å². The molecule has 0 bridgehead atoms. The Kier molecular flexibility index (Phi) is 5.75. The van der Waals surface area contributed by atoms with Crippen LogP contribution in [-0.4, -0.2) is 35.7 Å². The molecule has 4 nitrogen and oxygen atoms in total. The number of hydrogen-bond acceptors (Lipinski definition) is 3. The van der Waals surface area contributed by atoms with E-state index in [4.69, 9.17) is 4.74 Å². The highest BCUT2D eigenvalue weighted by atomic mass is 79.9. The van der Waals surface area contributed by atoms with Crippen LogP contribution in [0.3, 0.4) is 0 Å². The summed E-state index contributed by atoms with van der Waals surface area (Å²) >= 11 is 3.48. The van der Waals surface area contributed by atoms with Crippen molar-refractivity contribution in [2.75, 3.05) is 25.1 Å². The first-order chi connectivity index (χ1) is 12.1. The van der Waals surface area contributed by atoms with Gasteiger partial charge in [-0.2, -0.15) is 0 Å². The Morgan fingerprint density at radius 3 is 2.42 bits per heavy atom. The quantitative estimate of drug-likeness (QED) is 0.656. The minimum absolute atomic E-state index is 0. The summed E-state index contributed by atoms with van der Waals surface area (Å²) in [6.07, 6.45) is 3.26. The fourth-order valence-corrected chi connectivity index (χ4v) is 4.12. The number of β-amino-alcohol motifs (C(OH)–C–C–N with tert-alkyl or cyclic N) is 1. The number of nitrogens with zero attached hydrogens (tertiary/aromatic N) is 2. The van der Waals surface area contributed by atoms with Crippen molar-refractivity contribution in [1.29, 1.82) is 0 Å². The van der Waals surface area contributed by atoms with Crippen LogP contribution in [0, 0.1) is 0 Å². The van der Waals surface area contributed by atoms with Gasteiger partial charge in [-0.25, -0.2) is 9.48 Å². The summed E-state index contributed by atoms with van der Waals surface area (Å²) in [5.74, 6) is 2.05. The number of amidine groups is 1. The van der Waals surface area contributed by atoms with Gasteiger partial charge >= 0.3 is 0 Å². The maximum Gasteiger partial charge on any atom is 0.271 e. The molecule has 0 amide bonds. The highest BCUT2D eigenvalue weighted by molar-refractivity contribution is 9.10. The summed E-state index contributed by atoms with van der Waals surface area (Å²) in [5, 5.41) is 11.6. The van der Waals surface area contributed by atoms with Crippen molar-refractivity contribution in [2.24, 2.45) is 0 Å². The minimum Gasteiger partial charge on any atom is -1.00 e. The van der Waals surface area contributed by atoms with Gasteiger partial charge in [-0.05, 0) is 49.2 Å². The predicted octanol–water partition coefficient (Wildman–Crippen LogP) is 0.722. The maximum atomic E-state index is 11.6. The summed E-state index contributed by atoms with van der Waals surface area (Å²) in [5.41, 5.74) is 1.04. The highest BCUT2D eigenvalue weighted by Crippen LogP contribution is 2.36. The van der Waals surface area contributed by atoms with Crippen LogP contribution in [0.2, 0.25) is 0 Å². The average molecular weight is 482 g/mol. The van der Waals surface area contributed by atoms with Crippen molar-refractivity contribution in [2.45, 2.75) is 25.0 Å². The summed E-state index contributed by atoms with van der Waals surface area (Å²) in [6.45, 7) is 1.42. The lowest BCUT2D eigenvalue weighted by molar-refractivity contribution is -0.661. The number of anilines is 1. The van der Waals surface area contributed by atoms with Crippen molar-refractivity contribution < 1.29 is 31.4 Å². The summed E-state index contributed by atoms with van der Waals surface area (Å²) in [6, 6.07) is 16.1. The number of ether oxygens (including phenoxy) is 1. The van der Waals surface area contributed by atoms with Crippen LogP contribution in [0.4, 0.5) is 5.69 Å². The lowest BCUT2D eigenvalue weighted by Gasteiger charge is -2.24. The molecule has 26 heavy (non-hydrogen) atoms. The smallest absolute Gasteiger partial charge is 0.271 e. The summed E-state index contributed by atoms with van der Waals surface area (Å²) < 4.78 is 8.48. The molecular weight excluding hydrogens is 460 g/mol. The van der Waals surface area contributed by atoms with Gasteiger partial charge in [-0.15, -0.1) is 0 Å². The van der Waals surface area contributed by atoms with Gasteiger partial charge < -0.3 is 26.8 Å². The van der Waals surface area contributed by atoms with Gasteiger partial charge in [0, 0.05) is 16.5 Å². The molecule has 2 aromatic rings. The largest absolute Gasteiger partial charge is 1.00 e. The Labute approximate surface area is 173 Å². The molecular formula is C20H22Br2N2O2. The first-order valence-corrected chi connectivity index (χ1v) is 9.44. The van der Waals surface area contributed by atoms with Gasteiger partial charge in [0.2, 0.25) is 0 Å². The summed E-state index contributed by atoms with van der Waals surface area (Å²) in [4.78, 5) is 2.25. The molecule has 1 atom stereocenters. The number of methoxy groups -OCH3 is 1. The van der Waals surface area contributed by atoms with Gasteiger partial charge in [0.05, 0.1) is 13.7 Å². The van der Waals surface area contributed by atoms with E-state index in [1.54, 1.807) is 7.11 Å². The standard InChI is InChI=1S/C20H22BrN2O2.BrH/c1-25-18-11-9-17(10-12-18)22-14-20(24,15-5-7-16(21)8-6-15)23-13-3-2-4-19(22)23;/h5-12,24H,2-4,13-14H2,1H3;1H/q+1;/p-1. The van der Waals surface area contributed by atoms with Crippen molar-refractivity contribution in [3.63, 3.8) is 0 Å². The van der Waals surface area contributed by atoms with Crippen LogP contribution in [0.15, 0.2) is 53.0 Å². The Hall–Kier alpha value is -1.37. The van der Waals surface area contributed by atoms with Gasteiger partial charge in [-0.1, -0.05) is 28.1 Å². The monoisotopic (exact) mass is 480 g/mol. The predicted molar refractivity (Wildman–Crippen MR) is 102 cm³/mol. The Balaban J connectivity index is 0.00000196. The third-order valence-electron chi connectivity index (χ3n) is 5.17. The van der Waals surface area contributed by atoms with Crippen molar-refractivity contribution in [3.8, 4) is 5.75 Å². The Bertz CT molecular complexity index is 806. The second-order valence-electron chi connectivity index (χ2n) is 6.63. The van der Waals surface area contributed by atoms with Crippen LogP contribution in [0.5, 0.6) is 5.75 Å². The lowest BCUT2D eigenvalue weighted by atomic mass is 10.0. The van der Waals surface area contributed by atoms with E-state index in [1.807, 2.05) is 36.4 Å². The Morgan fingerprint density at radius 1 is 1.08 bits per heavy atom. The SMILES string of the molecule is COc1ccc(N2CC(O)(c3ccc(Br)cc3)[N+]3=C2CCCC3)cc1.[Br-]. The van der Waals surface area contributed by atoms with Crippen LogP contribution in [0.25, 0.3) is 0 Å². The van der Waals surface area contributed by atoms with E-state index in [1.165, 1.54) is 5.84 Å². The molecule has 6 heteroatoms. The van der Waals surface area contributed by atoms with E-state index < -0.39 is 5.72 Å². The zero-order chi connectivity index (χ0) is 17.4. The molecule has 0 spiro atoms. The van der Waals surface area contributed by atoms with Crippen molar-refractivity contribution in [3.05, 3.63) is 58.6 Å². The molecule has 0 aromatic heterocycles. The zero-order valence-corrected chi connectivity index (χ0v) is 17.8. The fourth-order valence-electron chi connectivity index (χ4n) is 3.86. The van der Waals surface area contributed by atoms with E-state index in [2.05, 4.69) is 37.5 Å². The van der Waals surface area contributed by atoms with E-state index in [-0.39, 0.29) is 17.0 Å². The molecule has 2 aliphatic rings. The molecule has 0 aliphatic carbocycles. The Morgan fingerprint density at radius 2 is 1.77 bits per heavy atom. The van der Waals surface area contributed by atoms with Gasteiger partial charge in [0.15, 0.2) is 6.54 Å². The van der Waals surface area contributed by atoms with Crippen LogP contribution in [0.1, 0.15) is 24.8 Å². The first kappa shape index (κ1) is 19.4. The zero-order valence-electron chi connectivity index (χ0n) is 14.7. The second kappa shape index (κ2) is 7.71. The van der Waals surface area contributed by atoms with Crippen LogP contribution >= 0.6 is 15.9 Å². The van der Waals surface area contributed by atoms with E-state index >= 15 is 0 Å². The number of halogens is 2. The molecule has 1 unspecified atom stereocenters. The van der Waals surface area contributed by atoms with Gasteiger partial charge in [0.1, 0.15) is 11.4 Å². The number of aliphatic hydroxyl groups is 1. The second-order valence-corrected chi connectivity index (χ2v) is 7.55. The first-order valence-electron chi connectivity index (χ1n) is 8.65. The maximum absolute atomic E-state index is 11.6. The topological polar surface area (TPSA) is 35.7 Å². The number of rotatable bonds is 3. The van der Waals surface area contributed by atoms with Crippen molar-refractivity contribution in [1.82, 2.24) is 0 Å². The molecule has 1 N–H and O–H groups in total. The van der Waals surface area contributed by atoms with E-state index in [0.717, 1.165) is 47.3 Å². The molecule has 0 radical (unpaired) electrons. The molecule has 138 valence electrons. The molecule has 2 heterocycles.